The lowest BCUT2D eigenvalue weighted by Crippen LogP contribution is -2.71. The minimum atomic E-state index is -0.621. The molecule has 0 saturated heterocycles. The molecule has 4 heteroatoms. The van der Waals surface area contributed by atoms with Gasteiger partial charge in [0, 0.05) is 12.8 Å². The van der Waals surface area contributed by atoms with Gasteiger partial charge in [-0.1, -0.05) is 47.1 Å². The molecule has 4 saturated carbocycles. The molecule has 0 aromatic heterocycles. The van der Waals surface area contributed by atoms with Crippen LogP contribution in [0.5, 0.6) is 0 Å². The van der Waals surface area contributed by atoms with Crippen LogP contribution in [0.2, 0.25) is 0 Å². The molecule has 0 aromatic rings. The van der Waals surface area contributed by atoms with E-state index in [-0.39, 0.29) is 40.2 Å². The maximum Gasteiger partial charge on any atom is 0.302 e. The Bertz CT molecular complexity index is 968. The number of fused-ring (bicyclic) bond motifs is 7. The predicted molar refractivity (Wildman–Crippen MR) is 139 cm³/mol. The molecule has 4 nitrogen and oxygen atoms in total. The van der Waals surface area contributed by atoms with Crippen LogP contribution in [0, 0.1) is 51.2 Å². The summed E-state index contributed by atoms with van der Waals surface area (Å²) in [6, 6.07) is 0. The van der Waals surface area contributed by atoms with E-state index in [4.69, 9.17) is 10.5 Å². The molecule has 0 spiro atoms. The molecule has 11 atom stereocenters. The van der Waals surface area contributed by atoms with Crippen molar-refractivity contribution in [3.05, 3.63) is 11.6 Å². The number of hydrogen-bond donors (Lipinski definition) is 1. The van der Waals surface area contributed by atoms with E-state index in [2.05, 4.69) is 54.5 Å². The van der Waals surface area contributed by atoms with E-state index in [1.807, 2.05) is 0 Å². The molecule has 1 unspecified atom stereocenters. The first-order valence-corrected chi connectivity index (χ1v) is 14.3. The van der Waals surface area contributed by atoms with Crippen molar-refractivity contribution in [2.24, 2.45) is 57.0 Å². The summed E-state index contributed by atoms with van der Waals surface area (Å²) < 4.78 is 5.73. The fraction of sp³-hybridized carbons (Fsp3) is 0.871. The van der Waals surface area contributed by atoms with Crippen molar-refractivity contribution >= 4 is 11.8 Å². The smallest absolute Gasteiger partial charge is 0.302 e. The maximum absolute atomic E-state index is 14.3. The third kappa shape index (κ3) is 3.20. The number of nitrogens with two attached hydrogens (primary N) is 1. The molecule has 0 aliphatic heterocycles. The highest BCUT2D eigenvalue weighted by atomic mass is 16.5. The van der Waals surface area contributed by atoms with Gasteiger partial charge in [0.1, 0.15) is 6.10 Å². The number of hydrogen-bond acceptors (Lipinski definition) is 4. The third-order valence-electron chi connectivity index (χ3n) is 13.1. The standard InChI is InChI=1S/C31H49NO3/c1-18-9-12-27(4)15-16-29(6)21(25(27)19(18)2)17-22(34)26-28(5)13-11-24(35-20(3)33)31(8,32)23(28)10-14-30(26,29)7/h17-19,23-26H,9-16,32H2,1-8H3/t18-,19+,23-,24?,25+,26-,27-,28+,29-,30-,31-/m1/s1. The summed E-state index contributed by atoms with van der Waals surface area (Å²) in [5.41, 5.74) is 8.01. The first-order valence-electron chi connectivity index (χ1n) is 14.3. The van der Waals surface area contributed by atoms with E-state index in [9.17, 15) is 9.59 Å². The Morgan fingerprint density at radius 1 is 0.971 bits per heavy atom. The maximum atomic E-state index is 14.3. The average Bonchev–Trinajstić information content (AvgIpc) is 2.74. The normalized spacial score (nSPS) is 55.6. The highest BCUT2D eigenvalue weighted by molar-refractivity contribution is 5.95. The van der Waals surface area contributed by atoms with Crippen LogP contribution >= 0.6 is 0 Å². The van der Waals surface area contributed by atoms with Crippen molar-refractivity contribution in [2.45, 2.75) is 118 Å². The predicted octanol–water partition coefficient (Wildman–Crippen LogP) is 6.47. The Morgan fingerprint density at radius 2 is 1.66 bits per heavy atom. The average molecular weight is 484 g/mol. The fourth-order valence-corrected chi connectivity index (χ4v) is 10.8. The summed E-state index contributed by atoms with van der Waals surface area (Å²) in [4.78, 5) is 26.1. The Balaban J connectivity index is 1.59. The molecule has 0 heterocycles. The number of rotatable bonds is 1. The number of carbonyl (C=O) groups excluding carboxylic acids is 2. The number of allylic oxidation sites excluding steroid dienone is 2. The third-order valence-corrected chi connectivity index (χ3v) is 13.1. The van der Waals surface area contributed by atoms with Crippen LogP contribution in [0.15, 0.2) is 11.6 Å². The summed E-state index contributed by atoms with van der Waals surface area (Å²) in [5.74, 6) is 2.07. The molecular weight excluding hydrogens is 434 g/mol. The molecule has 196 valence electrons. The largest absolute Gasteiger partial charge is 0.461 e. The zero-order chi connectivity index (χ0) is 25.8. The van der Waals surface area contributed by atoms with Crippen molar-refractivity contribution in [2.75, 3.05) is 0 Å². The fourth-order valence-electron chi connectivity index (χ4n) is 10.8. The molecule has 5 aliphatic rings. The molecule has 35 heavy (non-hydrogen) atoms. The first-order chi connectivity index (χ1) is 16.1. The second-order valence-corrected chi connectivity index (χ2v) is 14.8. The van der Waals surface area contributed by atoms with Crippen LogP contribution in [0.25, 0.3) is 0 Å². The Labute approximate surface area is 213 Å². The van der Waals surface area contributed by atoms with E-state index < -0.39 is 5.54 Å². The highest BCUT2D eigenvalue weighted by Crippen LogP contribution is 2.74. The lowest BCUT2D eigenvalue weighted by Gasteiger charge is -2.70. The monoisotopic (exact) mass is 483 g/mol. The Kier molecular flexibility index (Phi) is 5.59. The van der Waals surface area contributed by atoms with E-state index in [1.54, 1.807) is 0 Å². The van der Waals surface area contributed by atoms with Crippen LogP contribution in [-0.2, 0) is 14.3 Å². The molecule has 0 bridgehead atoms. The van der Waals surface area contributed by atoms with Crippen molar-refractivity contribution in [3.8, 4) is 0 Å². The van der Waals surface area contributed by atoms with Crippen molar-refractivity contribution in [3.63, 3.8) is 0 Å². The van der Waals surface area contributed by atoms with E-state index in [1.165, 1.54) is 38.2 Å². The van der Waals surface area contributed by atoms with Gasteiger partial charge >= 0.3 is 5.97 Å². The molecule has 5 rings (SSSR count). The zero-order valence-corrected chi connectivity index (χ0v) is 23.5. The Morgan fingerprint density at radius 3 is 2.31 bits per heavy atom. The number of esters is 1. The second kappa shape index (κ2) is 7.68. The van der Waals surface area contributed by atoms with Gasteiger partial charge in [0.15, 0.2) is 5.78 Å². The number of ether oxygens (including phenoxy) is 1. The van der Waals surface area contributed by atoms with Gasteiger partial charge in [0.25, 0.3) is 0 Å². The van der Waals surface area contributed by atoms with Gasteiger partial charge in [-0.2, -0.15) is 0 Å². The summed E-state index contributed by atoms with van der Waals surface area (Å²) in [5, 5.41) is 0. The quantitative estimate of drug-likeness (QED) is 0.434. The van der Waals surface area contributed by atoms with Crippen LogP contribution in [0.1, 0.15) is 107 Å². The van der Waals surface area contributed by atoms with Crippen molar-refractivity contribution in [1.82, 2.24) is 0 Å². The molecule has 0 radical (unpaired) electrons. The van der Waals surface area contributed by atoms with Gasteiger partial charge < -0.3 is 10.5 Å². The molecule has 0 aromatic carbocycles. The van der Waals surface area contributed by atoms with Gasteiger partial charge in [-0.25, -0.2) is 0 Å². The summed E-state index contributed by atoms with van der Waals surface area (Å²) in [7, 11) is 0. The zero-order valence-electron chi connectivity index (χ0n) is 23.5. The SMILES string of the molecule is CC(=O)OC1CC[C@@]2(C)[C@@H](CC[C@]3(C)[C@@H]2C(=O)C=C2[C@@H]4[C@@H](C)[C@H](C)CC[C@]4(C)CC[C@]23C)[C@@]1(C)N. The van der Waals surface area contributed by atoms with Crippen LogP contribution in [0.4, 0.5) is 0 Å². The topological polar surface area (TPSA) is 69.4 Å². The lowest BCUT2D eigenvalue weighted by atomic mass is 9.33. The van der Waals surface area contributed by atoms with Gasteiger partial charge in [-0.3, -0.25) is 9.59 Å². The van der Waals surface area contributed by atoms with Gasteiger partial charge in [-0.05, 0) is 110 Å². The minimum Gasteiger partial charge on any atom is -0.461 e. The number of carbonyl (C=O) groups is 2. The van der Waals surface area contributed by atoms with Gasteiger partial charge in [0.05, 0.1) is 5.54 Å². The molecule has 0 amide bonds. The van der Waals surface area contributed by atoms with E-state index in [0.717, 1.165) is 25.7 Å². The van der Waals surface area contributed by atoms with Crippen LogP contribution in [-0.4, -0.2) is 23.4 Å². The van der Waals surface area contributed by atoms with Crippen molar-refractivity contribution < 1.29 is 14.3 Å². The summed E-state index contributed by atoms with van der Waals surface area (Å²) in [6.45, 7) is 18.2. The first kappa shape index (κ1) is 25.5. The number of ketones is 1. The molecular formula is C31H49NO3. The Hall–Kier alpha value is -1.16. The van der Waals surface area contributed by atoms with Crippen LogP contribution in [0.3, 0.4) is 0 Å². The minimum absolute atomic E-state index is 0.0238. The molecule has 4 fully saturated rings. The molecule has 5 aliphatic carbocycles. The highest BCUT2D eigenvalue weighted by Gasteiger charge is 2.70. The van der Waals surface area contributed by atoms with Gasteiger partial charge in [0.2, 0.25) is 0 Å². The van der Waals surface area contributed by atoms with E-state index >= 15 is 0 Å². The van der Waals surface area contributed by atoms with Crippen molar-refractivity contribution in [1.29, 1.82) is 0 Å². The van der Waals surface area contributed by atoms with Crippen LogP contribution < -0.4 is 5.73 Å². The van der Waals surface area contributed by atoms with E-state index in [0.29, 0.717) is 29.0 Å². The second-order valence-electron chi connectivity index (χ2n) is 14.8. The molecule has 2 N–H and O–H groups in total. The summed E-state index contributed by atoms with van der Waals surface area (Å²) in [6.07, 6.45) is 10.6. The lowest BCUT2D eigenvalue weighted by molar-refractivity contribution is -0.196. The summed E-state index contributed by atoms with van der Waals surface area (Å²) >= 11 is 0. The van der Waals surface area contributed by atoms with Gasteiger partial charge in [-0.15, -0.1) is 0 Å².